The van der Waals surface area contributed by atoms with Gasteiger partial charge in [0, 0.05) is 31.1 Å². The molecule has 1 amide bonds. The van der Waals surface area contributed by atoms with Crippen LogP contribution < -0.4 is 9.64 Å². The average molecular weight is 486 g/mol. The summed E-state index contributed by atoms with van der Waals surface area (Å²) in [6, 6.07) is 22.7. The lowest BCUT2D eigenvalue weighted by Crippen LogP contribution is -2.24. The molecule has 2 heterocycles. The summed E-state index contributed by atoms with van der Waals surface area (Å²) in [5, 5.41) is 0. The average Bonchev–Trinajstić information content (AvgIpc) is 3.47. The van der Waals surface area contributed by atoms with Crippen LogP contribution in [0.5, 0.6) is 5.75 Å². The molecule has 4 aromatic rings. The molecular formula is C30H32FN3O2. The fourth-order valence-corrected chi connectivity index (χ4v) is 4.96. The van der Waals surface area contributed by atoms with Crippen molar-refractivity contribution in [1.82, 2.24) is 9.55 Å². The fraction of sp³-hybridized carbons (Fsp3) is 0.333. The molecule has 1 aliphatic rings. The van der Waals surface area contributed by atoms with E-state index in [0.717, 1.165) is 42.0 Å². The number of carbonyl (C=O) groups is 1. The zero-order chi connectivity index (χ0) is 25.1. The number of fused-ring (bicyclic) bond motifs is 1. The number of nitrogens with zero attached hydrogens (tertiary/aromatic N) is 3. The first-order chi connectivity index (χ1) is 17.5. The van der Waals surface area contributed by atoms with E-state index < -0.39 is 0 Å². The zero-order valence-corrected chi connectivity index (χ0v) is 20.9. The van der Waals surface area contributed by atoms with Crippen LogP contribution in [-0.4, -0.2) is 28.6 Å². The fourth-order valence-electron chi connectivity index (χ4n) is 4.96. The van der Waals surface area contributed by atoms with E-state index >= 15 is 0 Å². The van der Waals surface area contributed by atoms with Gasteiger partial charge in [-0.3, -0.25) is 4.79 Å². The molecule has 2 unspecified atom stereocenters. The number of benzene rings is 3. The standard InChI is InChI=1S/C30H32FN3O2/c1-3-21(2)22-12-14-26(15-13-22)36-17-7-16-33-28-11-5-4-10-27(28)32-30(33)23-18-29(35)34(20-23)25-9-6-8-24(31)19-25/h4-6,8-15,19,21,23H,3,7,16-18,20H2,1-2H3. The van der Waals surface area contributed by atoms with Crippen LogP contribution in [-0.2, 0) is 11.3 Å². The van der Waals surface area contributed by atoms with Crippen LogP contribution in [0.1, 0.15) is 56.3 Å². The number of anilines is 1. The molecule has 1 aromatic heterocycles. The van der Waals surface area contributed by atoms with Crippen molar-refractivity contribution in [1.29, 1.82) is 0 Å². The molecule has 0 bridgehead atoms. The predicted octanol–water partition coefficient (Wildman–Crippen LogP) is 6.68. The van der Waals surface area contributed by atoms with Crippen molar-refractivity contribution in [2.45, 2.75) is 51.5 Å². The number of aryl methyl sites for hydroxylation is 1. The Bertz CT molecular complexity index is 1350. The molecule has 1 aliphatic heterocycles. The van der Waals surface area contributed by atoms with Gasteiger partial charge in [-0.1, -0.05) is 44.2 Å². The summed E-state index contributed by atoms with van der Waals surface area (Å²) in [6.07, 6.45) is 2.29. The number of hydrogen-bond donors (Lipinski definition) is 0. The SMILES string of the molecule is CCC(C)c1ccc(OCCCn2c(C3CC(=O)N(c4cccc(F)c4)C3)nc3ccccc32)cc1. The van der Waals surface area contributed by atoms with Crippen molar-refractivity contribution in [3.05, 3.63) is 90.0 Å². The van der Waals surface area contributed by atoms with Crippen molar-refractivity contribution >= 4 is 22.6 Å². The van der Waals surface area contributed by atoms with Gasteiger partial charge in [0.05, 0.1) is 17.6 Å². The maximum absolute atomic E-state index is 13.8. The van der Waals surface area contributed by atoms with Crippen LogP contribution in [0.4, 0.5) is 10.1 Å². The van der Waals surface area contributed by atoms with E-state index in [9.17, 15) is 9.18 Å². The lowest BCUT2D eigenvalue weighted by molar-refractivity contribution is -0.117. The minimum atomic E-state index is -0.342. The highest BCUT2D eigenvalue weighted by atomic mass is 19.1. The van der Waals surface area contributed by atoms with E-state index in [4.69, 9.17) is 9.72 Å². The van der Waals surface area contributed by atoms with Gasteiger partial charge in [0.25, 0.3) is 0 Å². The third-order valence-electron chi connectivity index (χ3n) is 7.15. The number of halogens is 1. The molecule has 0 spiro atoms. The van der Waals surface area contributed by atoms with Crippen molar-refractivity contribution in [3.63, 3.8) is 0 Å². The number of rotatable bonds is 9. The summed E-state index contributed by atoms with van der Waals surface area (Å²) < 4.78 is 22.0. The summed E-state index contributed by atoms with van der Waals surface area (Å²) in [6.45, 7) is 6.26. The molecule has 2 atom stereocenters. The van der Waals surface area contributed by atoms with Crippen molar-refractivity contribution in [3.8, 4) is 5.75 Å². The molecule has 6 heteroatoms. The molecule has 1 saturated heterocycles. The first-order valence-corrected chi connectivity index (χ1v) is 12.8. The van der Waals surface area contributed by atoms with E-state index in [1.54, 1.807) is 17.0 Å². The molecule has 0 radical (unpaired) electrons. The van der Waals surface area contributed by atoms with Crippen LogP contribution in [0.2, 0.25) is 0 Å². The number of para-hydroxylation sites is 2. The Kier molecular flexibility index (Phi) is 7.03. The van der Waals surface area contributed by atoms with Crippen LogP contribution >= 0.6 is 0 Å². The van der Waals surface area contributed by atoms with Gasteiger partial charge in [-0.05, 0) is 66.8 Å². The smallest absolute Gasteiger partial charge is 0.227 e. The highest BCUT2D eigenvalue weighted by molar-refractivity contribution is 5.96. The minimum absolute atomic E-state index is 0.00613. The van der Waals surface area contributed by atoms with E-state index in [-0.39, 0.29) is 17.6 Å². The molecule has 3 aromatic carbocycles. The Balaban J connectivity index is 1.29. The summed E-state index contributed by atoms with van der Waals surface area (Å²) in [5.41, 5.74) is 3.91. The number of amides is 1. The van der Waals surface area contributed by atoms with Crippen molar-refractivity contribution in [2.24, 2.45) is 0 Å². The normalized spacial score (nSPS) is 16.6. The van der Waals surface area contributed by atoms with Gasteiger partial charge < -0.3 is 14.2 Å². The third kappa shape index (κ3) is 4.99. The second-order valence-electron chi connectivity index (χ2n) is 9.58. The Morgan fingerprint density at radius 3 is 2.67 bits per heavy atom. The molecule has 0 saturated carbocycles. The van der Waals surface area contributed by atoms with Crippen LogP contribution in [0, 0.1) is 5.82 Å². The molecule has 1 fully saturated rings. The van der Waals surface area contributed by atoms with Gasteiger partial charge in [-0.25, -0.2) is 9.37 Å². The van der Waals surface area contributed by atoms with Gasteiger partial charge in [0.2, 0.25) is 5.91 Å². The van der Waals surface area contributed by atoms with Gasteiger partial charge in [0.1, 0.15) is 17.4 Å². The van der Waals surface area contributed by atoms with Crippen molar-refractivity contribution in [2.75, 3.05) is 18.1 Å². The Labute approximate surface area is 211 Å². The lowest BCUT2D eigenvalue weighted by atomic mass is 9.99. The van der Waals surface area contributed by atoms with Gasteiger partial charge in [-0.2, -0.15) is 0 Å². The molecule has 5 nitrogen and oxygen atoms in total. The first kappa shape index (κ1) is 24.0. The highest BCUT2D eigenvalue weighted by Crippen LogP contribution is 2.33. The molecular weight excluding hydrogens is 453 g/mol. The number of aromatic nitrogens is 2. The maximum atomic E-state index is 13.8. The van der Waals surface area contributed by atoms with E-state index in [1.807, 2.05) is 30.3 Å². The second kappa shape index (κ2) is 10.5. The number of imidazole rings is 1. The Hall–Kier alpha value is -3.67. The minimum Gasteiger partial charge on any atom is -0.494 e. The van der Waals surface area contributed by atoms with Crippen molar-refractivity contribution < 1.29 is 13.9 Å². The van der Waals surface area contributed by atoms with Crippen LogP contribution in [0.3, 0.4) is 0 Å². The third-order valence-corrected chi connectivity index (χ3v) is 7.15. The Morgan fingerprint density at radius 1 is 1.08 bits per heavy atom. The topological polar surface area (TPSA) is 47.4 Å². The van der Waals surface area contributed by atoms with Gasteiger partial charge in [0.15, 0.2) is 0 Å². The molecule has 0 N–H and O–H groups in total. The quantitative estimate of drug-likeness (QED) is 0.249. The second-order valence-corrected chi connectivity index (χ2v) is 9.58. The predicted molar refractivity (Wildman–Crippen MR) is 141 cm³/mol. The van der Waals surface area contributed by atoms with Gasteiger partial charge in [-0.15, -0.1) is 0 Å². The monoisotopic (exact) mass is 485 g/mol. The van der Waals surface area contributed by atoms with E-state index in [2.05, 4.69) is 36.6 Å². The van der Waals surface area contributed by atoms with E-state index in [0.29, 0.717) is 31.2 Å². The molecule has 5 rings (SSSR count). The summed E-state index contributed by atoms with van der Waals surface area (Å²) in [4.78, 5) is 19.4. The summed E-state index contributed by atoms with van der Waals surface area (Å²) in [5.74, 6) is 1.93. The Morgan fingerprint density at radius 2 is 1.89 bits per heavy atom. The summed E-state index contributed by atoms with van der Waals surface area (Å²) >= 11 is 0. The number of hydrogen-bond acceptors (Lipinski definition) is 3. The van der Waals surface area contributed by atoms with E-state index in [1.165, 1.54) is 17.7 Å². The lowest BCUT2D eigenvalue weighted by Gasteiger charge is -2.17. The first-order valence-electron chi connectivity index (χ1n) is 12.8. The maximum Gasteiger partial charge on any atom is 0.227 e. The molecule has 0 aliphatic carbocycles. The molecule has 36 heavy (non-hydrogen) atoms. The number of ether oxygens (including phenoxy) is 1. The van der Waals surface area contributed by atoms with Crippen LogP contribution in [0.25, 0.3) is 11.0 Å². The largest absolute Gasteiger partial charge is 0.494 e. The zero-order valence-electron chi connectivity index (χ0n) is 20.9. The molecule has 186 valence electrons. The van der Waals surface area contributed by atoms with Gasteiger partial charge >= 0.3 is 0 Å². The summed E-state index contributed by atoms with van der Waals surface area (Å²) in [7, 11) is 0. The number of carbonyl (C=O) groups excluding carboxylic acids is 1. The van der Waals surface area contributed by atoms with Crippen LogP contribution in [0.15, 0.2) is 72.8 Å². The highest BCUT2D eigenvalue weighted by Gasteiger charge is 2.34.